The second-order valence-corrected chi connectivity index (χ2v) is 8.24. The predicted molar refractivity (Wildman–Crippen MR) is 83.8 cm³/mol. The number of aliphatic hydroxyl groups is 1. The molecule has 0 unspecified atom stereocenters. The highest BCUT2D eigenvalue weighted by atomic mass is 32.2. The second-order valence-electron chi connectivity index (χ2n) is 6.48. The van der Waals surface area contributed by atoms with Gasteiger partial charge in [0.25, 0.3) is 0 Å². The molecule has 2 rings (SSSR count). The largest absolute Gasteiger partial charge is 0.416 e. The van der Waals surface area contributed by atoms with E-state index in [1.807, 2.05) is 6.92 Å². The van der Waals surface area contributed by atoms with Crippen LogP contribution in [0.1, 0.15) is 38.2 Å². The minimum atomic E-state index is -4.49. The van der Waals surface area contributed by atoms with Crippen molar-refractivity contribution in [2.75, 3.05) is 13.2 Å². The molecule has 0 saturated heterocycles. The number of halogens is 3. The standard InChI is InChI=1S/C16H22F3NO3S/c1-12(7-10-21)15(8-2-9-15)11-20-24(22,23)14-5-3-13(4-6-14)16(17,18)19/h3-6,12,20-21H,2,7-11H2,1H3/t12-/m0/s1. The summed E-state index contributed by atoms with van der Waals surface area (Å²) in [6.07, 6.45) is -1.13. The van der Waals surface area contributed by atoms with E-state index in [9.17, 15) is 21.6 Å². The Labute approximate surface area is 140 Å². The highest BCUT2D eigenvalue weighted by Gasteiger charge is 2.42. The van der Waals surface area contributed by atoms with Crippen LogP contribution in [0, 0.1) is 11.3 Å². The molecule has 1 aromatic carbocycles. The molecular weight excluding hydrogens is 343 g/mol. The van der Waals surface area contributed by atoms with Gasteiger partial charge in [-0.3, -0.25) is 0 Å². The van der Waals surface area contributed by atoms with Crippen molar-refractivity contribution in [3.63, 3.8) is 0 Å². The first-order valence-electron chi connectivity index (χ1n) is 7.88. The van der Waals surface area contributed by atoms with Crippen LogP contribution in [0.25, 0.3) is 0 Å². The molecule has 1 aliphatic carbocycles. The quantitative estimate of drug-likeness (QED) is 0.780. The summed E-state index contributed by atoms with van der Waals surface area (Å²) in [5.74, 6) is 0.173. The first-order chi connectivity index (χ1) is 11.1. The van der Waals surface area contributed by atoms with Crippen LogP contribution in [0.4, 0.5) is 13.2 Å². The van der Waals surface area contributed by atoms with Crippen LogP contribution >= 0.6 is 0 Å². The third-order valence-electron chi connectivity index (χ3n) is 5.06. The zero-order valence-electron chi connectivity index (χ0n) is 13.4. The molecule has 0 aliphatic heterocycles. The molecular formula is C16H22F3NO3S. The Morgan fingerprint density at radius 3 is 2.25 bits per heavy atom. The van der Waals surface area contributed by atoms with Gasteiger partial charge < -0.3 is 5.11 Å². The lowest BCUT2D eigenvalue weighted by molar-refractivity contribution is -0.137. The van der Waals surface area contributed by atoms with Gasteiger partial charge in [-0.2, -0.15) is 13.2 Å². The average molecular weight is 365 g/mol. The van der Waals surface area contributed by atoms with E-state index < -0.39 is 21.8 Å². The van der Waals surface area contributed by atoms with Gasteiger partial charge in [-0.15, -0.1) is 0 Å². The Balaban J connectivity index is 2.08. The molecule has 0 amide bonds. The lowest BCUT2D eigenvalue weighted by atomic mass is 9.61. The summed E-state index contributed by atoms with van der Waals surface area (Å²) in [7, 11) is -3.86. The maximum absolute atomic E-state index is 12.5. The van der Waals surface area contributed by atoms with Crippen LogP contribution in [-0.4, -0.2) is 26.7 Å². The van der Waals surface area contributed by atoms with Crippen molar-refractivity contribution >= 4 is 10.0 Å². The summed E-state index contributed by atoms with van der Waals surface area (Å²) < 4.78 is 64.8. The number of benzene rings is 1. The maximum Gasteiger partial charge on any atom is 0.416 e. The molecule has 1 aromatic rings. The van der Waals surface area contributed by atoms with Gasteiger partial charge in [-0.1, -0.05) is 13.3 Å². The summed E-state index contributed by atoms with van der Waals surface area (Å²) >= 11 is 0. The average Bonchev–Trinajstić information content (AvgIpc) is 2.45. The Morgan fingerprint density at radius 2 is 1.83 bits per heavy atom. The third kappa shape index (κ3) is 4.10. The van der Waals surface area contributed by atoms with E-state index in [4.69, 9.17) is 5.11 Å². The number of alkyl halides is 3. The lowest BCUT2D eigenvalue weighted by Gasteiger charge is -2.46. The van der Waals surface area contributed by atoms with E-state index in [1.165, 1.54) is 0 Å². The zero-order valence-corrected chi connectivity index (χ0v) is 14.3. The molecule has 1 saturated carbocycles. The summed E-state index contributed by atoms with van der Waals surface area (Å²) in [5.41, 5.74) is -1.06. The van der Waals surface area contributed by atoms with Gasteiger partial charge in [0.15, 0.2) is 0 Å². The van der Waals surface area contributed by atoms with Crippen LogP contribution in [0.3, 0.4) is 0 Å². The monoisotopic (exact) mass is 365 g/mol. The molecule has 1 fully saturated rings. The van der Waals surface area contributed by atoms with E-state index in [1.54, 1.807) is 0 Å². The lowest BCUT2D eigenvalue weighted by Crippen LogP contribution is -2.46. The van der Waals surface area contributed by atoms with Crippen molar-refractivity contribution in [1.82, 2.24) is 4.72 Å². The Morgan fingerprint density at radius 1 is 1.25 bits per heavy atom. The smallest absolute Gasteiger partial charge is 0.396 e. The third-order valence-corrected chi connectivity index (χ3v) is 6.48. The second kappa shape index (κ2) is 7.01. The molecule has 2 N–H and O–H groups in total. The topological polar surface area (TPSA) is 66.4 Å². The number of rotatable bonds is 7. The molecule has 0 aromatic heterocycles. The number of hydrogen-bond acceptors (Lipinski definition) is 3. The number of nitrogens with one attached hydrogen (secondary N) is 1. The molecule has 8 heteroatoms. The van der Waals surface area contributed by atoms with Crippen LogP contribution in [-0.2, 0) is 16.2 Å². The summed E-state index contributed by atoms with van der Waals surface area (Å²) in [6.45, 7) is 2.27. The molecule has 1 atom stereocenters. The minimum absolute atomic E-state index is 0.0502. The van der Waals surface area contributed by atoms with Crippen molar-refractivity contribution in [3.05, 3.63) is 29.8 Å². The molecule has 0 heterocycles. The molecule has 24 heavy (non-hydrogen) atoms. The number of sulfonamides is 1. The van der Waals surface area contributed by atoms with E-state index >= 15 is 0 Å². The van der Waals surface area contributed by atoms with Crippen LogP contribution in [0.15, 0.2) is 29.2 Å². The van der Waals surface area contributed by atoms with E-state index in [2.05, 4.69) is 4.72 Å². The van der Waals surface area contributed by atoms with Crippen LogP contribution in [0.5, 0.6) is 0 Å². The fourth-order valence-corrected chi connectivity index (χ4v) is 4.26. The van der Waals surface area contributed by atoms with E-state index in [0.29, 0.717) is 6.42 Å². The van der Waals surface area contributed by atoms with Gasteiger partial charge in [0.05, 0.1) is 10.5 Å². The molecule has 1 aliphatic rings. The Bertz CT molecular complexity index is 652. The number of aliphatic hydroxyl groups excluding tert-OH is 1. The summed E-state index contributed by atoms with van der Waals surface area (Å²) in [6, 6.07) is 3.47. The fraction of sp³-hybridized carbons (Fsp3) is 0.625. The molecule has 4 nitrogen and oxygen atoms in total. The van der Waals surface area contributed by atoms with Gasteiger partial charge in [0, 0.05) is 13.2 Å². The van der Waals surface area contributed by atoms with Gasteiger partial charge in [0.2, 0.25) is 10.0 Å². The first-order valence-corrected chi connectivity index (χ1v) is 9.37. The zero-order chi connectivity index (χ0) is 18.0. The van der Waals surface area contributed by atoms with E-state index in [0.717, 1.165) is 43.5 Å². The van der Waals surface area contributed by atoms with Crippen molar-refractivity contribution < 1.29 is 26.7 Å². The van der Waals surface area contributed by atoms with Gasteiger partial charge in [0.1, 0.15) is 0 Å². The molecule has 136 valence electrons. The van der Waals surface area contributed by atoms with Crippen LogP contribution in [0.2, 0.25) is 0 Å². The van der Waals surface area contributed by atoms with Crippen molar-refractivity contribution in [2.45, 2.75) is 43.7 Å². The Kier molecular flexibility index (Phi) is 5.61. The Hall–Kier alpha value is -1.12. The minimum Gasteiger partial charge on any atom is -0.396 e. The normalized spacial score (nSPS) is 18.9. The van der Waals surface area contributed by atoms with Crippen molar-refractivity contribution in [1.29, 1.82) is 0 Å². The summed E-state index contributed by atoms with van der Waals surface area (Å²) in [4.78, 5) is -0.181. The van der Waals surface area contributed by atoms with E-state index in [-0.39, 0.29) is 29.4 Å². The highest BCUT2D eigenvalue weighted by molar-refractivity contribution is 7.89. The van der Waals surface area contributed by atoms with Gasteiger partial charge >= 0.3 is 6.18 Å². The molecule has 0 radical (unpaired) electrons. The number of hydrogen-bond donors (Lipinski definition) is 2. The van der Waals surface area contributed by atoms with Crippen molar-refractivity contribution in [3.8, 4) is 0 Å². The SMILES string of the molecule is C[C@@H](CCO)C1(CNS(=O)(=O)c2ccc(C(F)(F)F)cc2)CCC1. The van der Waals surface area contributed by atoms with Gasteiger partial charge in [-0.05, 0) is 54.9 Å². The molecule has 0 spiro atoms. The highest BCUT2D eigenvalue weighted by Crippen LogP contribution is 2.48. The molecule has 0 bridgehead atoms. The fourth-order valence-electron chi connectivity index (χ4n) is 3.12. The van der Waals surface area contributed by atoms with Crippen LogP contribution < -0.4 is 4.72 Å². The van der Waals surface area contributed by atoms with Crippen molar-refractivity contribution in [2.24, 2.45) is 11.3 Å². The van der Waals surface area contributed by atoms with Gasteiger partial charge in [-0.25, -0.2) is 13.1 Å². The maximum atomic E-state index is 12.5. The predicted octanol–water partition coefficient (Wildman–Crippen LogP) is 3.17. The summed E-state index contributed by atoms with van der Waals surface area (Å²) in [5, 5.41) is 9.09. The first kappa shape index (κ1) is 19.2.